The monoisotopic (exact) mass is 262 g/mol. The summed E-state index contributed by atoms with van der Waals surface area (Å²) in [6, 6.07) is 5.65. The number of aliphatic hydroxyl groups is 1. The molecular weight excluding hydrogens is 240 g/mol. The lowest BCUT2D eigenvalue weighted by Gasteiger charge is -2.21. The van der Waals surface area contributed by atoms with Gasteiger partial charge in [-0.25, -0.2) is 0 Å². The number of aromatic nitrogens is 1. The lowest BCUT2D eigenvalue weighted by molar-refractivity contribution is -0.122. The summed E-state index contributed by atoms with van der Waals surface area (Å²) in [5.74, 6) is 0.0107. The van der Waals surface area contributed by atoms with Crippen LogP contribution in [0.5, 0.6) is 0 Å². The molecule has 1 heterocycles. The highest BCUT2D eigenvalue weighted by molar-refractivity contribution is 5.76. The van der Waals surface area contributed by atoms with E-state index in [0.29, 0.717) is 12.8 Å². The molecule has 2 N–H and O–H groups in total. The number of pyridine rings is 1. The van der Waals surface area contributed by atoms with Crippen LogP contribution in [0.3, 0.4) is 0 Å². The molecule has 1 amide bonds. The second kappa shape index (κ2) is 7.24. The maximum Gasteiger partial charge on any atom is 0.220 e. The molecule has 1 aromatic rings. The number of aryl methyl sites for hydroxylation is 1. The van der Waals surface area contributed by atoms with Gasteiger partial charge >= 0.3 is 0 Å². The Morgan fingerprint density at radius 1 is 1.32 bits per heavy atom. The summed E-state index contributed by atoms with van der Waals surface area (Å²) in [5, 5.41) is 12.9. The Morgan fingerprint density at radius 3 is 2.95 bits per heavy atom. The van der Waals surface area contributed by atoms with E-state index in [0.717, 1.165) is 37.8 Å². The maximum absolute atomic E-state index is 11.9. The van der Waals surface area contributed by atoms with Crippen LogP contribution in [0.1, 0.15) is 44.2 Å². The number of hydrogen-bond donors (Lipinski definition) is 2. The third-order valence-corrected chi connectivity index (χ3v) is 3.66. The minimum absolute atomic E-state index is 0.0107. The number of hydrogen-bond acceptors (Lipinski definition) is 3. The first-order valence-electron chi connectivity index (χ1n) is 7.13. The molecule has 4 heteroatoms. The topological polar surface area (TPSA) is 62.2 Å². The van der Waals surface area contributed by atoms with E-state index in [1.54, 1.807) is 6.20 Å². The molecule has 19 heavy (non-hydrogen) atoms. The van der Waals surface area contributed by atoms with Crippen molar-refractivity contribution in [2.75, 3.05) is 0 Å². The first-order chi connectivity index (χ1) is 9.25. The Balaban J connectivity index is 1.77. The summed E-state index contributed by atoms with van der Waals surface area (Å²) in [4.78, 5) is 16.1. The zero-order chi connectivity index (χ0) is 13.5. The molecule has 1 aliphatic carbocycles. The maximum atomic E-state index is 11.9. The third-order valence-electron chi connectivity index (χ3n) is 3.66. The van der Waals surface area contributed by atoms with Crippen molar-refractivity contribution < 1.29 is 9.90 Å². The second-order valence-electron chi connectivity index (χ2n) is 5.20. The van der Waals surface area contributed by atoms with Gasteiger partial charge in [-0.15, -0.1) is 0 Å². The lowest BCUT2D eigenvalue weighted by atomic mass is 10.1. The molecular formula is C15H22N2O2. The third kappa shape index (κ3) is 4.63. The fraction of sp³-hybridized carbons (Fsp3) is 0.600. The Bertz CT molecular complexity index is 394. The molecule has 0 saturated heterocycles. The van der Waals surface area contributed by atoms with Gasteiger partial charge in [0.1, 0.15) is 0 Å². The van der Waals surface area contributed by atoms with Crippen molar-refractivity contribution in [1.29, 1.82) is 0 Å². The van der Waals surface area contributed by atoms with Crippen LogP contribution in [0.4, 0.5) is 0 Å². The highest BCUT2D eigenvalue weighted by Crippen LogP contribution is 2.18. The number of rotatable bonds is 4. The van der Waals surface area contributed by atoms with E-state index in [1.807, 2.05) is 18.2 Å². The Morgan fingerprint density at radius 2 is 2.16 bits per heavy atom. The normalized spacial score (nSPS) is 23.6. The predicted octanol–water partition coefficient (Wildman–Crippen LogP) is 1.82. The van der Waals surface area contributed by atoms with Crippen LogP contribution < -0.4 is 5.32 Å². The molecule has 0 aromatic carbocycles. The first kappa shape index (κ1) is 14.0. The Kier molecular flexibility index (Phi) is 5.33. The largest absolute Gasteiger partial charge is 0.391 e. The van der Waals surface area contributed by atoms with Gasteiger partial charge < -0.3 is 10.4 Å². The van der Waals surface area contributed by atoms with Crippen LogP contribution in [0.15, 0.2) is 24.4 Å². The standard InChI is InChI=1S/C15H22N2O2/c18-14-8-3-1-2-7-13(14)17-15(19)10-9-12-6-4-5-11-16-12/h4-6,11,13-14,18H,1-3,7-10H2,(H,17,19). The summed E-state index contributed by atoms with van der Waals surface area (Å²) in [6.07, 6.45) is 7.40. The fourth-order valence-electron chi connectivity index (χ4n) is 2.52. The summed E-state index contributed by atoms with van der Waals surface area (Å²) in [7, 11) is 0. The number of nitrogens with zero attached hydrogens (tertiary/aromatic N) is 1. The van der Waals surface area contributed by atoms with Crippen molar-refractivity contribution in [1.82, 2.24) is 10.3 Å². The van der Waals surface area contributed by atoms with E-state index in [-0.39, 0.29) is 18.1 Å². The number of carbonyl (C=O) groups is 1. The zero-order valence-corrected chi connectivity index (χ0v) is 11.2. The van der Waals surface area contributed by atoms with Gasteiger partial charge in [0.2, 0.25) is 5.91 Å². The van der Waals surface area contributed by atoms with Crippen LogP contribution in [-0.2, 0) is 11.2 Å². The molecule has 1 fully saturated rings. The first-order valence-corrected chi connectivity index (χ1v) is 7.13. The number of aliphatic hydroxyl groups excluding tert-OH is 1. The number of amides is 1. The van der Waals surface area contributed by atoms with E-state index >= 15 is 0 Å². The zero-order valence-electron chi connectivity index (χ0n) is 11.2. The number of nitrogens with one attached hydrogen (secondary N) is 1. The molecule has 104 valence electrons. The summed E-state index contributed by atoms with van der Waals surface area (Å²) >= 11 is 0. The van der Waals surface area contributed by atoms with Gasteiger partial charge in [0.05, 0.1) is 12.1 Å². The van der Waals surface area contributed by atoms with Gasteiger partial charge in [0, 0.05) is 18.3 Å². The number of carbonyl (C=O) groups excluding carboxylic acids is 1. The highest BCUT2D eigenvalue weighted by atomic mass is 16.3. The van der Waals surface area contributed by atoms with Crippen LogP contribution >= 0.6 is 0 Å². The van der Waals surface area contributed by atoms with Crippen LogP contribution in [-0.4, -0.2) is 28.1 Å². The molecule has 0 spiro atoms. The molecule has 0 bridgehead atoms. The van der Waals surface area contributed by atoms with Gasteiger partial charge in [0.15, 0.2) is 0 Å². The van der Waals surface area contributed by atoms with Gasteiger partial charge in [-0.2, -0.15) is 0 Å². The van der Waals surface area contributed by atoms with Crippen molar-refractivity contribution in [2.45, 2.75) is 57.1 Å². The molecule has 0 aliphatic heterocycles. The minimum Gasteiger partial charge on any atom is -0.391 e. The van der Waals surface area contributed by atoms with Crippen molar-refractivity contribution in [3.05, 3.63) is 30.1 Å². The van der Waals surface area contributed by atoms with Crippen molar-refractivity contribution in [3.63, 3.8) is 0 Å². The average molecular weight is 262 g/mol. The van der Waals surface area contributed by atoms with Crippen LogP contribution in [0.2, 0.25) is 0 Å². The van der Waals surface area contributed by atoms with Crippen molar-refractivity contribution in [3.8, 4) is 0 Å². The van der Waals surface area contributed by atoms with E-state index in [2.05, 4.69) is 10.3 Å². The Labute approximate surface area is 114 Å². The molecule has 2 unspecified atom stereocenters. The second-order valence-corrected chi connectivity index (χ2v) is 5.20. The van der Waals surface area contributed by atoms with Gasteiger partial charge in [-0.1, -0.05) is 25.3 Å². The van der Waals surface area contributed by atoms with E-state index in [9.17, 15) is 9.90 Å². The quantitative estimate of drug-likeness (QED) is 0.814. The van der Waals surface area contributed by atoms with E-state index in [4.69, 9.17) is 0 Å². The van der Waals surface area contributed by atoms with Gasteiger partial charge in [-0.3, -0.25) is 9.78 Å². The summed E-state index contributed by atoms with van der Waals surface area (Å²) in [6.45, 7) is 0. The highest BCUT2D eigenvalue weighted by Gasteiger charge is 2.22. The van der Waals surface area contributed by atoms with E-state index < -0.39 is 0 Å². The van der Waals surface area contributed by atoms with E-state index in [1.165, 1.54) is 0 Å². The van der Waals surface area contributed by atoms with Gasteiger partial charge in [-0.05, 0) is 31.4 Å². The fourth-order valence-corrected chi connectivity index (χ4v) is 2.52. The lowest BCUT2D eigenvalue weighted by Crippen LogP contribution is -2.42. The molecule has 0 radical (unpaired) electrons. The Hall–Kier alpha value is -1.42. The van der Waals surface area contributed by atoms with Crippen molar-refractivity contribution >= 4 is 5.91 Å². The smallest absolute Gasteiger partial charge is 0.220 e. The van der Waals surface area contributed by atoms with Crippen molar-refractivity contribution in [2.24, 2.45) is 0 Å². The summed E-state index contributed by atoms with van der Waals surface area (Å²) < 4.78 is 0. The van der Waals surface area contributed by atoms with Gasteiger partial charge in [0.25, 0.3) is 0 Å². The summed E-state index contributed by atoms with van der Waals surface area (Å²) in [5.41, 5.74) is 0.930. The molecule has 2 rings (SSSR count). The molecule has 4 nitrogen and oxygen atoms in total. The molecule has 1 aromatic heterocycles. The molecule has 2 atom stereocenters. The average Bonchev–Trinajstić information content (AvgIpc) is 2.63. The van der Waals surface area contributed by atoms with Crippen LogP contribution in [0.25, 0.3) is 0 Å². The molecule has 1 saturated carbocycles. The SMILES string of the molecule is O=C(CCc1ccccn1)NC1CCCCCC1O. The molecule has 1 aliphatic rings. The van der Waals surface area contributed by atoms with Crippen LogP contribution in [0, 0.1) is 0 Å². The minimum atomic E-state index is -0.388. The predicted molar refractivity (Wildman–Crippen MR) is 73.6 cm³/mol.